The molecule has 1 aliphatic heterocycles. The maximum Gasteiger partial charge on any atom is 0.326 e. The Bertz CT molecular complexity index is 964. The summed E-state index contributed by atoms with van der Waals surface area (Å²) in [6.07, 6.45) is 9.92. The SMILES string of the molecule is C\C=C/C(C)=C1/CCN(C(=O)Nc2cc3nc(C)nn3cc2C)/C1=C/CC. The summed E-state index contributed by atoms with van der Waals surface area (Å²) >= 11 is 0. The molecule has 2 aromatic heterocycles. The van der Waals surface area contributed by atoms with E-state index in [0.717, 1.165) is 35.4 Å². The lowest BCUT2D eigenvalue weighted by molar-refractivity contribution is 0.230. The highest BCUT2D eigenvalue weighted by molar-refractivity contribution is 5.92. The normalized spacial score (nSPS) is 18.1. The van der Waals surface area contributed by atoms with Crippen LogP contribution in [0.5, 0.6) is 0 Å². The second-order valence-corrected chi connectivity index (χ2v) is 6.82. The average molecular weight is 365 g/mol. The molecule has 3 rings (SSSR count). The first-order valence-electron chi connectivity index (χ1n) is 9.39. The number of hydrogen-bond acceptors (Lipinski definition) is 3. The number of allylic oxidation sites excluding steroid dienone is 5. The van der Waals surface area contributed by atoms with Gasteiger partial charge in [-0.1, -0.05) is 25.2 Å². The lowest BCUT2D eigenvalue weighted by Crippen LogP contribution is -2.31. The molecule has 1 saturated heterocycles. The van der Waals surface area contributed by atoms with Gasteiger partial charge >= 0.3 is 6.03 Å². The number of nitrogens with one attached hydrogen (secondary N) is 1. The molecule has 1 fully saturated rings. The number of anilines is 1. The molecule has 2 aromatic rings. The summed E-state index contributed by atoms with van der Waals surface area (Å²) < 4.78 is 1.74. The van der Waals surface area contributed by atoms with Crippen LogP contribution < -0.4 is 5.32 Å². The van der Waals surface area contributed by atoms with E-state index in [1.807, 2.05) is 44.0 Å². The molecule has 0 saturated carbocycles. The fraction of sp³-hybridized carbons (Fsp3) is 0.381. The second-order valence-electron chi connectivity index (χ2n) is 6.82. The standard InChI is InChI=1S/C21H27N5O/c1-6-8-14(3)17-10-11-25(19(17)9-7-2)21(27)23-18-12-20-22-16(5)24-26(20)13-15(18)4/h6,8-9,12-13H,7,10-11H2,1-5H3,(H,23,27)/b8-6-,17-14-,19-9+. The number of amides is 2. The third-order valence-electron chi connectivity index (χ3n) is 4.74. The molecule has 2 amide bonds. The van der Waals surface area contributed by atoms with E-state index in [0.29, 0.717) is 12.4 Å². The van der Waals surface area contributed by atoms with Gasteiger partial charge in [0.05, 0.1) is 5.69 Å². The second kappa shape index (κ2) is 7.78. The first kappa shape index (κ1) is 18.9. The minimum atomic E-state index is -0.110. The zero-order valence-electron chi connectivity index (χ0n) is 16.7. The molecule has 1 aliphatic rings. The highest BCUT2D eigenvalue weighted by Gasteiger charge is 2.28. The fourth-order valence-corrected chi connectivity index (χ4v) is 3.48. The van der Waals surface area contributed by atoms with Gasteiger partial charge in [0.1, 0.15) is 5.82 Å². The molecule has 0 atom stereocenters. The zero-order chi connectivity index (χ0) is 19.6. The highest BCUT2D eigenvalue weighted by atomic mass is 16.2. The molecule has 0 bridgehead atoms. The first-order chi connectivity index (χ1) is 12.9. The molecule has 142 valence electrons. The number of nitrogens with zero attached hydrogens (tertiary/aromatic N) is 4. The molecule has 6 nitrogen and oxygen atoms in total. The number of rotatable bonds is 3. The van der Waals surface area contributed by atoms with Gasteiger partial charge in [-0.2, -0.15) is 5.10 Å². The van der Waals surface area contributed by atoms with Gasteiger partial charge in [-0.15, -0.1) is 0 Å². The van der Waals surface area contributed by atoms with Crippen molar-refractivity contribution in [2.24, 2.45) is 0 Å². The fourth-order valence-electron chi connectivity index (χ4n) is 3.48. The van der Waals surface area contributed by atoms with E-state index < -0.39 is 0 Å². The van der Waals surface area contributed by atoms with Crippen molar-refractivity contribution in [2.75, 3.05) is 11.9 Å². The Morgan fingerprint density at radius 3 is 2.85 bits per heavy atom. The number of aryl methyl sites for hydroxylation is 2. The summed E-state index contributed by atoms with van der Waals surface area (Å²) in [5.41, 5.74) is 5.90. The minimum Gasteiger partial charge on any atom is -0.307 e. The van der Waals surface area contributed by atoms with Crippen molar-refractivity contribution >= 4 is 17.4 Å². The van der Waals surface area contributed by atoms with Crippen LogP contribution in [0.2, 0.25) is 0 Å². The number of urea groups is 1. The lowest BCUT2D eigenvalue weighted by atomic mass is 10.0. The molecule has 0 unspecified atom stereocenters. The van der Waals surface area contributed by atoms with E-state index >= 15 is 0 Å². The van der Waals surface area contributed by atoms with Crippen molar-refractivity contribution in [3.8, 4) is 0 Å². The van der Waals surface area contributed by atoms with Gasteiger partial charge in [0.2, 0.25) is 0 Å². The summed E-state index contributed by atoms with van der Waals surface area (Å²) in [6, 6.07) is 1.76. The van der Waals surface area contributed by atoms with E-state index in [1.165, 1.54) is 11.1 Å². The van der Waals surface area contributed by atoms with E-state index in [4.69, 9.17) is 0 Å². The third-order valence-corrected chi connectivity index (χ3v) is 4.74. The van der Waals surface area contributed by atoms with Crippen molar-refractivity contribution in [1.29, 1.82) is 0 Å². The molecule has 3 heterocycles. The molecule has 1 N–H and O–H groups in total. The summed E-state index contributed by atoms with van der Waals surface area (Å²) in [5, 5.41) is 7.37. The van der Waals surface area contributed by atoms with Gasteiger partial charge in [0.25, 0.3) is 0 Å². The largest absolute Gasteiger partial charge is 0.326 e. The molecule has 27 heavy (non-hydrogen) atoms. The third kappa shape index (κ3) is 3.79. The summed E-state index contributed by atoms with van der Waals surface area (Å²) in [5.74, 6) is 0.708. The smallest absolute Gasteiger partial charge is 0.307 e. The number of hydrogen-bond donors (Lipinski definition) is 1. The van der Waals surface area contributed by atoms with E-state index in [1.54, 1.807) is 4.52 Å². The number of fused-ring (bicyclic) bond motifs is 1. The van der Waals surface area contributed by atoms with Crippen molar-refractivity contribution in [3.05, 3.63) is 58.7 Å². The first-order valence-corrected chi connectivity index (χ1v) is 9.39. The quantitative estimate of drug-likeness (QED) is 0.852. The number of likely N-dealkylation sites (tertiary alicyclic amines) is 1. The zero-order valence-corrected chi connectivity index (χ0v) is 16.7. The van der Waals surface area contributed by atoms with Crippen molar-refractivity contribution in [1.82, 2.24) is 19.5 Å². The minimum absolute atomic E-state index is 0.110. The van der Waals surface area contributed by atoms with E-state index in [-0.39, 0.29) is 6.03 Å². The highest BCUT2D eigenvalue weighted by Crippen LogP contribution is 2.32. The predicted octanol–water partition coefficient (Wildman–Crippen LogP) is 4.77. The molecule has 6 heteroatoms. The molecular formula is C21H27N5O. The van der Waals surface area contributed by atoms with Gasteiger partial charge in [-0.3, -0.25) is 4.90 Å². The maximum atomic E-state index is 13.0. The Balaban J connectivity index is 1.88. The molecular weight excluding hydrogens is 338 g/mol. The molecule has 0 aliphatic carbocycles. The van der Waals surface area contributed by atoms with Gasteiger partial charge in [0, 0.05) is 24.5 Å². The van der Waals surface area contributed by atoms with Crippen molar-refractivity contribution in [3.63, 3.8) is 0 Å². The summed E-state index contributed by atoms with van der Waals surface area (Å²) in [7, 11) is 0. The monoisotopic (exact) mass is 365 g/mol. The Kier molecular flexibility index (Phi) is 5.44. The number of carbonyl (C=O) groups is 1. The Morgan fingerprint density at radius 2 is 2.15 bits per heavy atom. The Labute approximate surface area is 160 Å². The van der Waals surface area contributed by atoms with Gasteiger partial charge < -0.3 is 5.32 Å². The van der Waals surface area contributed by atoms with Gasteiger partial charge in [0.15, 0.2) is 5.65 Å². The van der Waals surface area contributed by atoms with Gasteiger partial charge in [-0.05, 0) is 57.2 Å². The Morgan fingerprint density at radius 1 is 1.37 bits per heavy atom. The van der Waals surface area contributed by atoms with Crippen LogP contribution in [-0.2, 0) is 0 Å². The molecule has 0 radical (unpaired) electrons. The number of carbonyl (C=O) groups excluding carboxylic acids is 1. The summed E-state index contributed by atoms with van der Waals surface area (Å²) in [4.78, 5) is 19.2. The Hall–Kier alpha value is -2.89. The van der Waals surface area contributed by atoms with Crippen LogP contribution in [0.1, 0.15) is 45.0 Å². The van der Waals surface area contributed by atoms with Crippen LogP contribution in [0.25, 0.3) is 5.65 Å². The number of aromatic nitrogens is 3. The van der Waals surface area contributed by atoms with Crippen molar-refractivity contribution in [2.45, 2.75) is 47.5 Å². The van der Waals surface area contributed by atoms with Crippen molar-refractivity contribution < 1.29 is 4.79 Å². The van der Waals surface area contributed by atoms with E-state index in [9.17, 15) is 4.79 Å². The van der Waals surface area contributed by atoms with Gasteiger partial charge in [-0.25, -0.2) is 14.3 Å². The van der Waals surface area contributed by atoms with Crippen LogP contribution >= 0.6 is 0 Å². The molecule has 0 aromatic carbocycles. The van der Waals surface area contributed by atoms with Crippen LogP contribution in [0, 0.1) is 13.8 Å². The van der Waals surface area contributed by atoms with Crippen LogP contribution in [-0.4, -0.2) is 32.1 Å². The topological polar surface area (TPSA) is 62.5 Å². The van der Waals surface area contributed by atoms with E-state index in [2.05, 4.69) is 41.4 Å². The van der Waals surface area contributed by atoms with Crippen LogP contribution in [0.15, 0.2) is 47.3 Å². The molecule has 0 spiro atoms. The predicted molar refractivity (Wildman–Crippen MR) is 109 cm³/mol. The lowest BCUT2D eigenvalue weighted by Gasteiger charge is -2.20. The summed E-state index contributed by atoms with van der Waals surface area (Å²) in [6.45, 7) is 10.7. The number of pyridine rings is 1. The van der Waals surface area contributed by atoms with Crippen LogP contribution in [0.4, 0.5) is 10.5 Å². The average Bonchev–Trinajstić information content (AvgIpc) is 3.18. The maximum absolute atomic E-state index is 13.0. The van der Waals surface area contributed by atoms with Crippen LogP contribution in [0.3, 0.4) is 0 Å².